The Hall–Kier alpha value is -1.74. The summed E-state index contributed by atoms with van der Waals surface area (Å²) in [6, 6.07) is 9.15. The minimum atomic E-state index is 0.500. The lowest BCUT2D eigenvalue weighted by atomic mass is 9.94. The fourth-order valence-electron chi connectivity index (χ4n) is 3.67. The van der Waals surface area contributed by atoms with Gasteiger partial charge < -0.3 is 14.2 Å². The van der Waals surface area contributed by atoms with Crippen molar-refractivity contribution in [2.24, 2.45) is 0 Å². The molecule has 0 aliphatic carbocycles. The van der Waals surface area contributed by atoms with Gasteiger partial charge in [0, 0.05) is 30.7 Å². The Kier molecular flexibility index (Phi) is 3.90. The van der Waals surface area contributed by atoms with Gasteiger partial charge in [0.2, 0.25) is 0 Å². The van der Waals surface area contributed by atoms with Crippen LogP contribution in [0.3, 0.4) is 0 Å². The normalized spacial score (nSPS) is 22.3. The maximum Gasteiger partial charge on any atom is 0.0882 e. The first-order chi connectivity index (χ1) is 10.9. The highest BCUT2D eigenvalue weighted by atomic mass is 16.5. The van der Waals surface area contributed by atoms with E-state index in [0.717, 1.165) is 19.6 Å². The van der Waals surface area contributed by atoms with Crippen LogP contribution in [0.1, 0.15) is 30.7 Å². The molecule has 0 saturated carbocycles. The molecule has 0 bridgehead atoms. The van der Waals surface area contributed by atoms with Crippen molar-refractivity contribution < 1.29 is 4.74 Å². The quantitative estimate of drug-likeness (QED) is 0.855. The fraction of sp³-hybridized carbons (Fsp3) is 0.474. The van der Waals surface area contributed by atoms with Crippen LogP contribution < -0.4 is 0 Å². The summed E-state index contributed by atoms with van der Waals surface area (Å²) in [7, 11) is 0. The highest BCUT2D eigenvalue weighted by molar-refractivity contribution is 5.81. The first-order valence-electron chi connectivity index (χ1n) is 8.49. The zero-order chi connectivity index (χ0) is 14.8. The van der Waals surface area contributed by atoms with Crippen LogP contribution in [0.25, 0.3) is 10.9 Å². The van der Waals surface area contributed by atoms with Crippen molar-refractivity contribution in [2.45, 2.75) is 31.7 Å². The summed E-state index contributed by atoms with van der Waals surface area (Å²) in [6.45, 7) is 5.64. The third-order valence-electron chi connectivity index (χ3n) is 5.04. The third kappa shape index (κ3) is 2.78. The van der Waals surface area contributed by atoms with E-state index in [1.165, 1.54) is 48.9 Å². The van der Waals surface area contributed by atoms with Gasteiger partial charge in [0.15, 0.2) is 0 Å². The number of nitrogens with zero attached hydrogens (tertiary/aromatic N) is 2. The van der Waals surface area contributed by atoms with E-state index in [-0.39, 0.29) is 0 Å². The van der Waals surface area contributed by atoms with Crippen molar-refractivity contribution in [3.8, 4) is 0 Å². The highest BCUT2D eigenvalue weighted by Crippen LogP contribution is 2.28. The molecule has 3 heteroatoms. The molecule has 1 aromatic heterocycles. The number of fused-ring (bicyclic) bond motifs is 1. The summed E-state index contributed by atoms with van der Waals surface area (Å²) in [4.78, 5) is 2.58. The van der Waals surface area contributed by atoms with Gasteiger partial charge in [-0.1, -0.05) is 12.1 Å². The summed E-state index contributed by atoms with van der Waals surface area (Å²) in [5.41, 5.74) is 2.78. The van der Waals surface area contributed by atoms with Gasteiger partial charge in [0.25, 0.3) is 0 Å². The van der Waals surface area contributed by atoms with Gasteiger partial charge in [-0.2, -0.15) is 0 Å². The standard InChI is InChI=1S/C19H24N2O/c1-2-9-20(8-1)11-12-21-10-5-17-3-4-18(15-19(17)21)16-6-13-22-14-7-16/h3-6,10,13,15-16H,1-2,7-9,11-12,14H2. The van der Waals surface area contributed by atoms with Crippen molar-refractivity contribution in [1.82, 2.24) is 9.47 Å². The lowest BCUT2D eigenvalue weighted by Gasteiger charge is -2.18. The molecular weight excluding hydrogens is 272 g/mol. The molecule has 0 radical (unpaired) electrons. The van der Waals surface area contributed by atoms with E-state index >= 15 is 0 Å². The molecule has 1 atom stereocenters. The van der Waals surface area contributed by atoms with Crippen LogP contribution in [0.4, 0.5) is 0 Å². The molecule has 4 rings (SSSR count). The molecule has 3 nitrogen and oxygen atoms in total. The Morgan fingerprint density at radius 2 is 2.00 bits per heavy atom. The van der Waals surface area contributed by atoms with Crippen LogP contribution in [0.15, 0.2) is 42.8 Å². The van der Waals surface area contributed by atoms with Gasteiger partial charge >= 0.3 is 0 Å². The highest BCUT2D eigenvalue weighted by Gasteiger charge is 2.14. The van der Waals surface area contributed by atoms with Crippen LogP contribution in [0, 0.1) is 0 Å². The van der Waals surface area contributed by atoms with E-state index in [2.05, 4.69) is 46.0 Å². The molecular formula is C19H24N2O. The molecule has 0 amide bonds. The van der Waals surface area contributed by atoms with Crippen molar-refractivity contribution in [3.05, 3.63) is 48.4 Å². The summed E-state index contributed by atoms with van der Waals surface area (Å²) >= 11 is 0. The van der Waals surface area contributed by atoms with Crippen LogP contribution in [0.2, 0.25) is 0 Å². The minimum Gasteiger partial charge on any atom is -0.501 e. The van der Waals surface area contributed by atoms with Crippen molar-refractivity contribution in [3.63, 3.8) is 0 Å². The van der Waals surface area contributed by atoms with Gasteiger partial charge in [-0.25, -0.2) is 0 Å². The van der Waals surface area contributed by atoms with Gasteiger partial charge in [0.1, 0.15) is 0 Å². The van der Waals surface area contributed by atoms with Gasteiger partial charge in [-0.15, -0.1) is 0 Å². The average Bonchev–Trinajstić information content (AvgIpc) is 3.23. The third-order valence-corrected chi connectivity index (χ3v) is 5.04. The van der Waals surface area contributed by atoms with E-state index in [0.29, 0.717) is 5.92 Å². The van der Waals surface area contributed by atoms with E-state index in [9.17, 15) is 0 Å². The van der Waals surface area contributed by atoms with Crippen LogP contribution in [0.5, 0.6) is 0 Å². The Bertz CT molecular complexity index is 667. The molecule has 2 aliphatic heterocycles. The van der Waals surface area contributed by atoms with E-state index < -0.39 is 0 Å². The predicted octanol–water partition coefficient (Wildman–Crippen LogP) is 3.75. The van der Waals surface area contributed by atoms with Crippen molar-refractivity contribution >= 4 is 10.9 Å². The number of rotatable bonds is 4. The molecule has 2 aliphatic rings. The van der Waals surface area contributed by atoms with E-state index in [1.54, 1.807) is 0 Å². The SMILES string of the molecule is C1=CC(c2ccc3ccn(CCN4CCCC4)c3c2)CCO1. The van der Waals surface area contributed by atoms with Gasteiger partial charge in [-0.05, 0) is 61.5 Å². The second kappa shape index (κ2) is 6.17. The monoisotopic (exact) mass is 296 g/mol. The number of hydrogen-bond acceptors (Lipinski definition) is 2. The summed E-state index contributed by atoms with van der Waals surface area (Å²) in [5.74, 6) is 0.500. The molecule has 22 heavy (non-hydrogen) atoms. The summed E-state index contributed by atoms with van der Waals surface area (Å²) < 4.78 is 7.74. The van der Waals surface area contributed by atoms with E-state index in [4.69, 9.17) is 4.74 Å². The molecule has 2 aromatic rings. The van der Waals surface area contributed by atoms with Crippen LogP contribution in [-0.2, 0) is 11.3 Å². The lowest BCUT2D eigenvalue weighted by Crippen LogP contribution is -2.23. The lowest BCUT2D eigenvalue weighted by molar-refractivity contribution is 0.223. The number of hydrogen-bond donors (Lipinski definition) is 0. The van der Waals surface area contributed by atoms with Crippen LogP contribution >= 0.6 is 0 Å². The number of likely N-dealkylation sites (tertiary alicyclic amines) is 1. The second-order valence-corrected chi connectivity index (χ2v) is 6.47. The Morgan fingerprint density at radius 3 is 2.82 bits per heavy atom. The Balaban J connectivity index is 1.56. The summed E-state index contributed by atoms with van der Waals surface area (Å²) in [6.07, 6.45) is 10.1. The molecule has 3 heterocycles. The maximum absolute atomic E-state index is 5.32. The topological polar surface area (TPSA) is 17.4 Å². The minimum absolute atomic E-state index is 0.500. The zero-order valence-electron chi connectivity index (χ0n) is 13.1. The van der Waals surface area contributed by atoms with Gasteiger partial charge in [0.05, 0.1) is 12.9 Å². The number of benzene rings is 1. The number of allylic oxidation sites excluding steroid dienone is 1. The smallest absolute Gasteiger partial charge is 0.0882 e. The molecule has 0 spiro atoms. The van der Waals surface area contributed by atoms with Crippen molar-refractivity contribution in [1.29, 1.82) is 0 Å². The van der Waals surface area contributed by atoms with Gasteiger partial charge in [-0.3, -0.25) is 0 Å². The molecule has 1 aromatic carbocycles. The summed E-state index contributed by atoms with van der Waals surface area (Å²) in [5, 5.41) is 1.35. The Labute approximate surface area is 132 Å². The van der Waals surface area contributed by atoms with Crippen molar-refractivity contribution in [2.75, 3.05) is 26.2 Å². The molecule has 116 valence electrons. The largest absolute Gasteiger partial charge is 0.501 e. The first-order valence-corrected chi connectivity index (χ1v) is 8.49. The predicted molar refractivity (Wildman–Crippen MR) is 90.1 cm³/mol. The van der Waals surface area contributed by atoms with E-state index in [1.807, 2.05) is 6.26 Å². The molecule has 0 N–H and O–H groups in total. The number of aromatic nitrogens is 1. The zero-order valence-corrected chi connectivity index (χ0v) is 13.1. The molecule has 1 unspecified atom stereocenters. The maximum atomic E-state index is 5.32. The molecule has 1 saturated heterocycles. The number of ether oxygens (including phenoxy) is 1. The average molecular weight is 296 g/mol. The Morgan fingerprint density at radius 1 is 1.09 bits per heavy atom. The first kappa shape index (κ1) is 13.9. The second-order valence-electron chi connectivity index (χ2n) is 6.47. The van der Waals surface area contributed by atoms with Crippen LogP contribution in [-0.4, -0.2) is 35.7 Å². The molecule has 1 fully saturated rings. The fourth-order valence-corrected chi connectivity index (χ4v) is 3.67.